The molecule has 0 fully saturated rings. The minimum Gasteiger partial charge on any atom is -0.489 e. The fourth-order valence-electron chi connectivity index (χ4n) is 2.62. The lowest BCUT2D eigenvalue weighted by atomic mass is 9.91. The van der Waals surface area contributed by atoms with E-state index in [-0.39, 0.29) is 0 Å². The van der Waals surface area contributed by atoms with Gasteiger partial charge in [-0.05, 0) is 28.8 Å². The first-order valence-corrected chi connectivity index (χ1v) is 7.78. The first-order chi connectivity index (χ1) is 11.7. The first kappa shape index (κ1) is 15.8. The van der Waals surface area contributed by atoms with E-state index in [9.17, 15) is 9.90 Å². The average Bonchev–Trinajstić information content (AvgIpc) is 2.63. The quantitative estimate of drug-likeness (QED) is 0.729. The lowest BCUT2D eigenvalue weighted by molar-refractivity contribution is -0.137. The van der Waals surface area contributed by atoms with Gasteiger partial charge in [0, 0.05) is 0 Å². The molecule has 120 valence electrons. The van der Waals surface area contributed by atoms with Crippen molar-refractivity contribution < 1.29 is 14.6 Å². The molecule has 3 aromatic carbocycles. The predicted molar refractivity (Wildman–Crippen MR) is 93.1 cm³/mol. The summed E-state index contributed by atoms with van der Waals surface area (Å²) in [5.41, 5.74) is 2.60. The Kier molecular flexibility index (Phi) is 4.92. The van der Waals surface area contributed by atoms with Crippen LogP contribution in [-0.4, -0.2) is 11.1 Å². The Morgan fingerprint density at radius 3 is 1.92 bits per heavy atom. The molecule has 3 nitrogen and oxygen atoms in total. The number of ether oxygens (including phenoxy) is 1. The molecular formula is C21H18O3. The zero-order valence-corrected chi connectivity index (χ0v) is 13.1. The normalized spacial score (nSPS) is 11.7. The van der Waals surface area contributed by atoms with E-state index in [4.69, 9.17) is 4.74 Å². The fourth-order valence-corrected chi connectivity index (χ4v) is 2.62. The predicted octanol–water partition coefficient (Wildman–Crippen LogP) is 4.48. The van der Waals surface area contributed by atoms with E-state index in [2.05, 4.69) is 0 Å². The van der Waals surface area contributed by atoms with Gasteiger partial charge in [-0.25, -0.2) is 0 Å². The Morgan fingerprint density at radius 1 is 0.792 bits per heavy atom. The van der Waals surface area contributed by atoms with Crippen molar-refractivity contribution in [3.63, 3.8) is 0 Å². The second-order valence-corrected chi connectivity index (χ2v) is 5.53. The van der Waals surface area contributed by atoms with Gasteiger partial charge in [0.25, 0.3) is 0 Å². The molecule has 0 aromatic heterocycles. The van der Waals surface area contributed by atoms with E-state index >= 15 is 0 Å². The Bertz CT molecular complexity index is 780. The van der Waals surface area contributed by atoms with Crippen LogP contribution in [0.4, 0.5) is 0 Å². The maximum atomic E-state index is 11.7. The van der Waals surface area contributed by atoms with Crippen molar-refractivity contribution in [3.05, 3.63) is 102 Å². The van der Waals surface area contributed by atoms with Gasteiger partial charge in [0.05, 0.1) is 0 Å². The third kappa shape index (κ3) is 3.82. The molecular weight excluding hydrogens is 300 g/mol. The number of rotatable bonds is 6. The van der Waals surface area contributed by atoms with Crippen molar-refractivity contribution in [2.45, 2.75) is 12.5 Å². The molecule has 0 amide bonds. The van der Waals surface area contributed by atoms with E-state index in [1.165, 1.54) is 0 Å². The summed E-state index contributed by atoms with van der Waals surface area (Å²) in [6, 6.07) is 26.4. The van der Waals surface area contributed by atoms with E-state index in [0.29, 0.717) is 6.61 Å². The highest BCUT2D eigenvalue weighted by molar-refractivity contribution is 5.80. The van der Waals surface area contributed by atoms with Gasteiger partial charge in [-0.15, -0.1) is 0 Å². The highest BCUT2D eigenvalue weighted by atomic mass is 16.5. The largest absolute Gasteiger partial charge is 0.489 e. The van der Waals surface area contributed by atoms with Crippen LogP contribution in [0.3, 0.4) is 0 Å². The van der Waals surface area contributed by atoms with Gasteiger partial charge in [0.2, 0.25) is 0 Å². The van der Waals surface area contributed by atoms with Crippen molar-refractivity contribution in [1.82, 2.24) is 0 Å². The van der Waals surface area contributed by atoms with Crippen LogP contribution in [-0.2, 0) is 11.4 Å². The summed E-state index contributed by atoms with van der Waals surface area (Å²) in [4.78, 5) is 11.7. The number of hydrogen-bond acceptors (Lipinski definition) is 2. The van der Waals surface area contributed by atoms with Crippen LogP contribution >= 0.6 is 0 Å². The number of aliphatic carboxylic acids is 1. The van der Waals surface area contributed by atoms with Crippen LogP contribution in [0.1, 0.15) is 22.6 Å². The molecule has 1 N–H and O–H groups in total. The van der Waals surface area contributed by atoms with E-state index < -0.39 is 11.9 Å². The minimum atomic E-state index is -0.862. The summed E-state index contributed by atoms with van der Waals surface area (Å²) in [6.45, 7) is 0.487. The van der Waals surface area contributed by atoms with Crippen LogP contribution in [0.2, 0.25) is 0 Å². The molecule has 0 aliphatic carbocycles. The molecule has 0 bridgehead atoms. The van der Waals surface area contributed by atoms with Gasteiger partial charge in [-0.2, -0.15) is 0 Å². The third-order valence-corrected chi connectivity index (χ3v) is 3.84. The fraction of sp³-hybridized carbons (Fsp3) is 0.0952. The summed E-state index contributed by atoms with van der Waals surface area (Å²) in [6.07, 6.45) is 0. The van der Waals surface area contributed by atoms with Crippen molar-refractivity contribution in [2.75, 3.05) is 0 Å². The Labute approximate surface area is 141 Å². The topological polar surface area (TPSA) is 46.5 Å². The van der Waals surface area contributed by atoms with Gasteiger partial charge in [0.1, 0.15) is 18.3 Å². The molecule has 0 heterocycles. The molecule has 3 heteroatoms. The molecule has 0 radical (unpaired) electrons. The lowest BCUT2D eigenvalue weighted by Crippen LogP contribution is -2.12. The molecule has 3 aromatic rings. The zero-order chi connectivity index (χ0) is 16.8. The molecule has 0 spiro atoms. The van der Waals surface area contributed by atoms with Crippen molar-refractivity contribution in [2.24, 2.45) is 0 Å². The number of carboxylic acid groups (broad SMARTS) is 1. The zero-order valence-electron chi connectivity index (χ0n) is 13.1. The minimum absolute atomic E-state index is 0.487. The lowest BCUT2D eigenvalue weighted by Gasteiger charge is -2.14. The molecule has 3 rings (SSSR count). The van der Waals surface area contributed by atoms with Gasteiger partial charge in [-0.1, -0.05) is 72.8 Å². The number of carboxylic acids is 1. The standard InChI is InChI=1S/C21H18O3/c22-21(23)20(17-9-5-2-6-10-17)18-11-13-19(14-12-18)24-15-16-7-3-1-4-8-16/h1-14,20H,15H2,(H,22,23). The monoisotopic (exact) mass is 318 g/mol. The van der Waals surface area contributed by atoms with Gasteiger partial charge >= 0.3 is 5.97 Å². The van der Waals surface area contributed by atoms with Gasteiger partial charge < -0.3 is 9.84 Å². The SMILES string of the molecule is O=C(O)C(c1ccccc1)c1ccc(OCc2ccccc2)cc1. The van der Waals surface area contributed by atoms with Crippen molar-refractivity contribution in [3.8, 4) is 5.75 Å². The van der Waals surface area contributed by atoms with E-state index in [0.717, 1.165) is 22.4 Å². The molecule has 0 aliphatic heterocycles. The Balaban J connectivity index is 1.74. The third-order valence-electron chi connectivity index (χ3n) is 3.84. The Morgan fingerprint density at radius 2 is 1.33 bits per heavy atom. The van der Waals surface area contributed by atoms with Crippen LogP contribution in [0.5, 0.6) is 5.75 Å². The summed E-state index contributed by atoms with van der Waals surface area (Å²) in [5, 5.41) is 9.57. The van der Waals surface area contributed by atoms with Crippen LogP contribution in [0.15, 0.2) is 84.9 Å². The van der Waals surface area contributed by atoms with Crippen LogP contribution in [0.25, 0.3) is 0 Å². The summed E-state index contributed by atoms with van der Waals surface area (Å²) in [5.74, 6) is -0.812. The van der Waals surface area contributed by atoms with Crippen molar-refractivity contribution >= 4 is 5.97 Å². The molecule has 0 aliphatic rings. The molecule has 0 saturated heterocycles. The van der Waals surface area contributed by atoms with Crippen molar-refractivity contribution in [1.29, 1.82) is 0 Å². The summed E-state index contributed by atoms with van der Waals surface area (Å²) < 4.78 is 5.75. The van der Waals surface area contributed by atoms with Crippen LogP contribution in [0, 0.1) is 0 Å². The second-order valence-electron chi connectivity index (χ2n) is 5.53. The molecule has 24 heavy (non-hydrogen) atoms. The maximum Gasteiger partial charge on any atom is 0.315 e. The Hall–Kier alpha value is -3.07. The molecule has 1 unspecified atom stereocenters. The van der Waals surface area contributed by atoms with Gasteiger partial charge in [0.15, 0.2) is 0 Å². The molecule has 0 saturated carbocycles. The van der Waals surface area contributed by atoms with E-state index in [1.54, 1.807) is 0 Å². The number of carbonyl (C=O) groups is 1. The smallest absolute Gasteiger partial charge is 0.315 e. The highest BCUT2D eigenvalue weighted by Gasteiger charge is 2.21. The summed E-state index contributed by atoms with van der Waals surface area (Å²) in [7, 11) is 0. The first-order valence-electron chi connectivity index (χ1n) is 7.78. The van der Waals surface area contributed by atoms with Gasteiger partial charge in [-0.3, -0.25) is 4.79 Å². The van der Waals surface area contributed by atoms with E-state index in [1.807, 2.05) is 84.9 Å². The highest BCUT2D eigenvalue weighted by Crippen LogP contribution is 2.26. The van der Waals surface area contributed by atoms with Crippen LogP contribution < -0.4 is 4.74 Å². The number of hydrogen-bond donors (Lipinski definition) is 1. The maximum absolute atomic E-state index is 11.7. The number of benzene rings is 3. The second kappa shape index (κ2) is 7.47. The average molecular weight is 318 g/mol. The summed E-state index contributed by atoms with van der Waals surface area (Å²) >= 11 is 0. The molecule has 1 atom stereocenters.